The molecule has 1 heterocycles. The average molecular weight is 339 g/mol. The zero-order valence-electron chi connectivity index (χ0n) is 10.9. The fraction of sp³-hybridized carbons (Fsp3) is 0.500. The molecule has 0 aromatic heterocycles. The summed E-state index contributed by atoms with van der Waals surface area (Å²) in [5.74, 6) is 0. The zero-order valence-corrected chi connectivity index (χ0v) is 13.2. The highest BCUT2D eigenvalue weighted by atomic mass is 35.5. The second-order valence-electron chi connectivity index (χ2n) is 4.74. The molecule has 1 aliphatic rings. The Bertz CT molecular complexity index is 572. The van der Waals surface area contributed by atoms with Crippen LogP contribution in [0.4, 0.5) is 0 Å². The van der Waals surface area contributed by atoms with Crippen molar-refractivity contribution in [1.29, 1.82) is 0 Å². The van der Waals surface area contributed by atoms with Crippen molar-refractivity contribution >= 4 is 33.2 Å². The first-order valence-corrected chi connectivity index (χ1v) is 8.34. The van der Waals surface area contributed by atoms with Crippen molar-refractivity contribution in [3.05, 3.63) is 28.2 Å². The minimum Gasteiger partial charge on any atom is -0.374 e. The highest BCUT2D eigenvalue weighted by Crippen LogP contribution is 2.26. The Labute approximate surface area is 128 Å². The SMILES string of the molecule is CC(N)C1CN(S(=O)(=O)c2cc(Cl)cc(Cl)c2)CCO1. The summed E-state index contributed by atoms with van der Waals surface area (Å²) in [6, 6.07) is 4.03. The number of ether oxygens (including phenoxy) is 1. The van der Waals surface area contributed by atoms with Gasteiger partial charge in [-0.05, 0) is 25.1 Å². The highest BCUT2D eigenvalue weighted by Gasteiger charge is 2.32. The molecule has 2 atom stereocenters. The largest absolute Gasteiger partial charge is 0.374 e. The van der Waals surface area contributed by atoms with Crippen LogP contribution >= 0.6 is 23.2 Å². The normalized spacial score (nSPS) is 22.7. The lowest BCUT2D eigenvalue weighted by Crippen LogP contribution is -2.51. The molecule has 0 spiro atoms. The minimum absolute atomic E-state index is 0.0836. The van der Waals surface area contributed by atoms with E-state index in [0.29, 0.717) is 6.61 Å². The molecular formula is C12H16Cl2N2O3S. The van der Waals surface area contributed by atoms with Gasteiger partial charge in [-0.3, -0.25) is 0 Å². The summed E-state index contributed by atoms with van der Waals surface area (Å²) >= 11 is 11.7. The fourth-order valence-electron chi connectivity index (χ4n) is 2.01. The van der Waals surface area contributed by atoms with Crippen molar-refractivity contribution in [1.82, 2.24) is 4.31 Å². The van der Waals surface area contributed by atoms with Crippen molar-refractivity contribution in [2.45, 2.75) is 24.0 Å². The number of hydrogen-bond acceptors (Lipinski definition) is 4. The first-order valence-electron chi connectivity index (χ1n) is 6.14. The van der Waals surface area contributed by atoms with Crippen LogP contribution in [0.1, 0.15) is 6.92 Å². The van der Waals surface area contributed by atoms with Crippen molar-refractivity contribution in [3.8, 4) is 0 Å². The molecule has 0 aliphatic carbocycles. The van der Waals surface area contributed by atoms with Gasteiger partial charge >= 0.3 is 0 Å². The summed E-state index contributed by atoms with van der Waals surface area (Å²) < 4.78 is 32.0. The molecule has 0 saturated carbocycles. The Morgan fingerprint density at radius 3 is 2.50 bits per heavy atom. The smallest absolute Gasteiger partial charge is 0.243 e. The number of sulfonamides is 1. The van der Waals surface area contributed by atoms with Crippen molar-refractivity contribution in [2.75, 3.05) is 19.7 Å². The monoisotopic (exact) mass is 338 g/mol. The molecule has 0 amide bonds. The highest BCUT2D eigenvalue weighted by molar-refractivity contribution is 7.89. The quantitative estimate of drug-likeness (QED) is 0.910. The predicted molar refractivity (Wildman–Crippen MR) is 78.6 cm³/mol. The molecule has 8 heteroatoms. The molecule has 1 fully saturated rings. The topological polar surface area (TPSA) is 72.6 Å². The van der Waals surface area contributed by atoms with E-state index in [9.17, 15) is 8.42 Å². The molecule has 2 unspecified atom stereocenters. The van der Waals surface area contributed by atoms with Crippen molar-refractivity contribution < 1.29 is 13.2 Å². The van der Waals surface area contributed by atoms with Crippen LogP contribution in [0.25, 0.3) is 0 Å². The van der Waals surface area contributed by atoms with Crippen LogP contribution in [0.3, 0.4) is 0 Å². The number of benzene rings is 1. The molecule has 1 aromatic rings. The van der Waals surface area contributed by atoms with Gasteiger partial charge in [0, 0.05) is 29.2 Å². The zero-order chi connectivity index (χ0) is 14.9. The van der Waals surface area contributed by atoms with Crippen LogP contribution < -0.4 is 5.73 Å². The van der Waals surface area contributed by atoms with E-state index in [4.69, 9.17) is 33.7 Å². The Morgan fingerprint density at radius 1 is 1.35 bits per heavy atom. The summed E-state index contributed by atoms with van der Waals surface area (Å²) in [6.45, 7) is 2.62. The van der Waals surface area contributed by atoms with E-state index >= 15 is 0 Å². The Hall–Kier alpha value is -0.370. The standard InChI is InChI=1S/C12H16Cl2N2O3S/c1-8(15)12-7-16(2-3-19-12)20(17,18)11-5-9(13)4-10(14)6-11/h4-6,8,12H,2-3,7,15H2,1H3. The second kappa shape index (κ2) is 6.17. The third-order valence-corrected chi connectivity index (χ3v) is 5.40. The Morgan fingerprint density at radius 2 is 1.95 bits per heavy atom. The number of nitrogens with zero attached hydrogens (tertiary/aromatic N) is 1. The maximum atomic E-state index is 12.6. The first kappa shape index (κ1) is 16.0. The summed E-state index contributed by atoms with van der Waals surface area (Å²) in [5.41, 5.74) is 5.77. The Balaban J connectivity index is 2.30. The molecule has 5 nitrogen and oxygen atoms in total. The van der Waals surface area contributed by atoms with E-state index in [-0.39, 0.29) is 40.2 Å². The van der Waals surface area contributed by atoms with Gasteiger partial charge in [-0.25, -0.2) is 8.42 Å². The van der Waals surface area contributed by atoms with Crippen LogP contribution in [0.2, 0.25) is 10.0 Å². The van der Waals surface area contributed by atoms with Gasteiger partial charge < -0.3 is 10.5 Å². The maximum Gasteiger partial charge on any atom is 0.243 e. The molecular weight excluding hydrogens is 323 g/mol. The fourth-order valence-corrected chi connectivity index (χ4v) is 4.18. The lowest BCUT2D eigenvalue weighted by atomic mass is 10.2. The van der Waals surface area contributed by atoms with Gasteiger partial charge in [-0.15, -0.1) is 0 Å². The number of morpholine rings is 1. The number of halogens is 2. The summed E-state index contributed by atoms with van der Waals surface area (Å²) in [5, 5.41) is 0.571. The first-order chi connectivity index (χ1) is 9.30. The number of nitrogens with two attached hydrogens (primary N) is 1. The molecule has 1 aliphatic heterocycles. The van der Waals surface area contributed by atoms with Gasteiger partial charge in [-0.2, -0.15) is 4.31 Å². The molecule has 0 bridgehead atoms. The summed E-state index contributed by atoms with van der Waals surface area (Å²) in [7, 11) is -3.64. The van der Waals surface area contributed by atoms with E-state index in [1.807, 2.05) is 0 Å². The van der Waals surface area contributed by atoms with Crippen LogP contribution in [0, 0.1) is 0 Å². The van der Waals surface area contributed by atoms with E-state index in [1.165, 1.54) is 22.5 Å². The molecule has 20 heavy (non-hydrogen) atoms. The van der Waals surface area contributed by atoms with Gasteiger partial charge in [-0.1, -0.05) is 23.2 Å². The van der Waals surface area contributed by atoms with E-state index in [1.54, 1.807) is 6.92 Å². The lowest BCUT2D eigenvalue weighted by Gasteiger charge is -2.33. The van der Waals surface area contributed by atoms with Gasteiger partial charge in [0.25, 0.3) is 0 Å². The third kappa shape index (κ3) is 3.44. The molecule has 0 radical (unpaired) electrons. The van der Waals surface area contributed by atoms with Crippen LogP contribution in [-0.2, 0) is 14.8 Å². The minimum atomic E-state index is -3.64. The average Bonchev–Trinajstić information content (AvgIpc) is 2.37. The second-order valence-corrected chi connectivity index (χ2v) is 7.55. The Kier molecular flexibility index (Phi) is 4.94. The van der Waals surface area contributed by atoms with E-state index in [0.717, 1.165) is 0 Å². The lowest BCUT2D eigenvalue weighted by molar-refractivity contribution is -0.0120. The van der Waals surface area contributed by atoms with Gasteiger partial charge in [0.2, 0.25) is 10.0 Å². The summed E-state index contributed by atoms with van der Waals surface area (Å²) in [6.07, 6.45) is -0.312. The number of hydrogen-bond donors (Lipinski definition) is 1. The van der Waals surface area contributed by atoms with Crippen LogP contribution in [0.15, 0.2) is 23.1 Å². The molecule has 112 valence electrons. The van der Waals surface area contributed by atoms with Gasteiger partial charge in [0.05, 0.1) is 17.6 Å². The van der Waals surface area contributed by atoms with E-state index in [2.05, 4.69) is 0 Å². The molecule has 2 rings (SSSR count). The molecule has 2 N–H and O–H groups in total. The maximum absolute atomic E-state index is 12.6. The van der Waals surface area contributed by atoms with Crippen molar-refractivity contribution in [3.63, 3.8) is 0 Å². The summed E-state index contributed by atoms with van der Waals surface area (Å²) in [4.78, 5) is 0.0836. The van der Waals surface area contributed by atoms with Gasteiger partial charge in [0.1, 0.15) is 0 Å². The van der Waals surface area contributed by atoms with Crippen LogP contribution in [-0.4, -0.2) is 44.6 Å². The van der Waals surface area contributed by atoms with Crippen molar-refractivity contribution in [2.24, 2.45) is 5.73 Å². The molecule has 1 saturated heterocycles. The number of rotatable bonds is 3. The van der Waals surface area contributed by atoms with Gasteiger partial charge in [0.15, 0.2) is 0 Å². The third-order valence-electron chi connectivity index (χ3n) is 3.12. The molecule has 1 aromatic carbocycles. The van der Waals surface area contributed by atoms with E-state index < -0.39 is 10.0 Å². The van der Waals surface area contributed by atoms with Crippen LogP contribution in [0.5, 0.6) is 0 Å². The predicted octanol–water partition coefficient (Wildman–Crippen LogP) is 1.73.